The molecule has 9 heteroatoms. The Morgan fingerprint density at radius 2 is 2.32 bits per heavy atom. The van der Waals surface area contributed by atoms with Gasteiger partial charge in [-0.05, 0) is 35.3 Å². The summed E-state index contributed by atoms with van der Waals surface area (Å²) in [7, 11) is 1.50. The van der Waals surface area contributed by atoms with Crippen LogP contribution in [0.1, 0.15) is 22.5 Å². The fraction of sp³-hybridized carbons (Fsp3) is 0.615. The molecule has 2 rings (SSSR count). The minimum Gasteiger partial charge on any atom is -0.495 e. The first-order chi connectivity index (χ1) is 10.3. The Kier molecular flexibility index (Phi) is 5.73. The van der Waals surface area contributed by atoms with E-state index in [4.69, 9.17) is 4.74 Å². The third-order valence-electron chi connectivity index (χ3n) is 3.34. The second-order valence-corrected chi connectivity index (χ2v) is 7.49. The molecule has 0 spiro atoms. The van der Waals surface area contributed by atoms with E-state index in [2.05, 4.69) is 21.2 Å². The Morgan fingerprint density at radius 3 is 2.91 bits per heavy atom. The van der Waals surface area contributed by atoms with Crippen LogP contribution in [0.15, 0.2) is 9.85 Å². The average Bonchev–Trinajstić information content (AvgIpc) is 2.78. The summed E-state index contributed by atoms with van der Waals surface area (Å²) in [5.41, 5.74) is 0. The van der Waals surface area contributed by atoms with Gasteiger partial charge in [0.2, 0.25) is 0 Å². The number of carbonyl (C=O) groups excluding carboxylic acids is 1. The first-order valence-electron chi connectivity index (χ1n) is 6.72. The number of methoxy groups -OCH3 is 1. The summed E-state index contributed by atoms with van der Waals surface area (Å²) in [4.78, 5) is 14.0. The van der Waals surface area contributed by atoms with Crippen LogP contribution in [0.5, 0.6) is 5.75 Å². The van der Waals surface area contributed by atoms with Gasteiger partial charge in [-0.25, -0.2) is 0 Å². The average molecular weight is 401 g/mol. The molecule has 124 valence electrons. The van der Waals surface area contributed by atoms with E-state index in [0.29, 0.717) is 33.8 Å². The molecule has 0 radical (unpaired) electrons. The van der Waals surface area contributed by atoms with Crippen LogP contribution in [0, 0.1) is 0 Å². The molecule has 2 heterocycles. The van der Waals surface area contributed by atoms with Gasteiger partial charge in [-0.1, -0.05) is 0 Å². The highest BCUT2D eigenvalue weighted by Gasteiger charge is 2.33. The van der Waals surface area contributed by atoms with E-state index in [1.807, 2.05) is 0 Å². The predicted molar refractivity (Wildman–Crippen MR) is 81.6 cm³/mol. The number of nitrogens with zero attached hydrogens (tertiary/aromatic N) is 1. The number of piperidine rings is 1. The smallest absolute Gasteiger partial charge is 0.401 e. The summed E-state index contributed by atoms with van der Waals surface area (Å²) in [5, 5.41) is 2.80. The first kappa shape index (κ1) is 17.6. The van der Waals surface area contributed by atoms with E-state index >= 15 is 0 Å². The maximum Gasteiger partial charge on any atom is 0.401 e. The lowest BCUT2D eigenvalue weighted by Gasteiger charge is -2.33. The Bertz CT molecular complexity index is 536. The predicted octanol–water partition coefficient (Wildman–Crippen LogP) is 3.28. The minimum atomic E-state index is -4.21. The van der Waals surface area contributed by atoms with E-state index in [-0.39, 0.29) is 18.5 Å². The standard InChI is InChI=1S/C13H16BrF3N2O2S/c1-21-9-5-10(22-11(9)14)12(20)18-8-3-2-4-19(6-8)7-13(15,16)17/h5,8H,2-4,6-7H2,1H3,(H,18,20)/t8-/m1/s1. The molecule has 0 unspecified atom stereocenters. The summed E-state index contributed by atoms with van der Waals surface area (Å²) >= 11 is 4.53. The highest BCUT2D eigenvalue weighted by Crippen LogP contribution is 2.34. The number of rotatable bonds is 4. The molecule has 1 atom stereocenters. The maximum atomic E-state index is 12.4. The molecular formula is C13H16BrF3N2O2S. The fourth-order valence-electron chi connectivity index (χ4n) is 2.43. The largest absolute Gasteiger partial charge is 0.495 e. The number of nitrogens with one attached hydrogen (secondary N) is 1. The van der Waals surface area contributed by atoms with Crippen LogP contribution < -0.4 is 10.1 Å². The number of hydrogen-bond acceptors (Lipinski definition) is 4. The number of halogens is 4. The summed E-state index contributed by atoms with van der Waals surface area (Å²) < 4.78 is 43.1. The Hall–Kier alpha value is -0.800. The van der Waals surface area contributed by atoms with Crippen LogP contribution in [-0.4, -0.2) is 49.8 Å². The van der Waals surface area contributed by atoms with Crippen molar-refractivity contribution in [3.63, 3.8) is 0 Å². The molecule has 0 saturated carbocycles. The van der Waals surface area contributed by atoms with Crippen LogP contribution in [0.25, 0.3) is 0 Å². The molecule has 4 nitrogen and oxygen atoms in total. The van der Waals surface area contributed by atoms with Gasteiger partial charge in [0.1, 0.15) is 9.54 Å². The molecule has 1 fully saturated rings. The Balaban J connectivity index is 1.93. The summed E-state index contributed by atoms with van der Waals surface area (Å²) in [6, 6.07) is 1.34. The summed E-state index contributed by atoms with van der Waals surface area (Å²) in [6.45, 7) is -0.309. The van der Waals surface area contributed by atoms with Crippen molar-refractivity contribution < 1.29 is 22.7 Å². The normalized spacial score (nSPS) is 20.0. The number of ether oxygens (including phenoxy) is 1. The molecule has 1 N–H and O–H groups in total. The molecule has 0 bridgehead atoms. The summed E-state index contributed by atoms with van der Waals surface area (Å²) in [6.07, 6.45) is -2.89. The molecule has 0 aromatic carbocycles. The van der Waals surface area contributed by atoms with Crippen LogP contribution in [0.3, 0.4) is 0 Å². The molecular weight excluding hydrogens is 385 g/mol. The third-order valence-corrected chi connectivity index (χ3v) is 5.12. The number of carbonyl (C=O) groups is 1. The molecule has 1 aliphatic heterocycles. The number of amides is 1. The van der Waals surface area contributed by atoms with Gasteiger partial charge in [-0.3, -0.25) is 9.69 Å². The lowest BCUT2D eigenvalue weighted by Crippen LogP contribution is -2.49. The molecule has 1 saturated heterocycles. The van der Waals surface area contributed by atoms with Crippen LogP contribution in [0.2, 0.25) is 0 Å². The van der Waals surface area contributed by atoms with Crippen molar-refractivity contribution >= 4 is 33.2 Å². The van der Waals surface area contributed by atoms with E-state index in [0.717, 1.165) is 0 Å². The summed E-state index contributed by atoms with van der Waals surface area (Å²) in [5.74, 6) is 0.283. The second-order valence-electron chi connectivity index (χ2n) is 5.12. The van der Waals surface area contributed by atoms with E-state index < -0.39 is 12.7 Å². The van der Waals surface area contributed by atoms with E-state index in [1.54, 1.807) is 6.07 Å². The number of alkyl halides is 3. The van der Waals surface area contributed by atoms with Crippen molar-refractivity contribution in [3.05, 3.63) is 14.7 Å². The first-order valence-corrected chi connectivity index (χ1v) is 8.32. The van der Waals surface area contributed by atoms with Crippen LogP contribution in [-0.2, 0) is 0 Å². The molecule has 0 aliphatic carbocycles. The van der Waals surface area contributed by atoms with Crippen molar-refractivity contribution in [3.8, 4) is 5.75 Å². The Labute approximate surface area is 138 Å². The zero-order valence-electron chi connectivity index (χ0n) is 11.9. The molecule has 1 aromatic rings. The monoisotopic (exact) mass is 400 g/mol. The van der Waals surface area contributed by atoms with Gasteiger partial charge in [0.05, 0.1) is 18.5 Å². The van der Waals surface area contributed by atoms with Gasteiger partial charge in [-0.15, -0.1) is 11.3 Å². The topological polar surface area (TPSA) is 41.6 Å². The second kappa shape index (κ2) is 7.18. The van der Waals surface area contributed by atoms with E-state index in [9.17, 15) is 18.0 Å². The molecule has 1 aliphatic rings. The minimum absolute atomic E-state index is 0.217. The lowest BCUT2D eigenvalue weighted by atomic mass is 10.1. The molecule has 1 aromatic heterocycles. The SMILES string of the molecule is COc1cc(C(=O)N[C@@H]2CCCN(CC(F)(F)F)C2)sc1Br. The van der Waals surface area contributed by atoms with Gasteiger partial charge in [-0.2, -0.15) is 13.2 Å². The number of likely N-dealkylation sites (tertiary alicyclic amines) is 1. The van der Waals surface area contributed by atoms with Crippen molar-refractivity contribution in [2.24, 2.45) is 0 Å². The number of hydrogen-bond donors (Lipinski definition) is 1. The third kappa shape index (κ3) is 4.85. The van der Waals surface area contributed by atoms with Crippen molar-refractivity contribution in [1.29, 1.82) is 0 Å². The van der Waals surface area contributed by atoms with E-state index in [1.165, 1.54) is 23.3 Å². The zero-order chi connectivity index (χ0) is 16.3. The van der Waals surface area contributed by atoms with Crippen molar-refractivity contribution in [2.45, 2.75) is 25.1 Å². The molecule has 1 amide bonds. The quantitative estimate of drug-likeness (QED) is 0.842. The van der Waals surface area contributed by atoms with Crippen LogP contribution in [0.4, 0.5) is 13.2 Å². The molecule has 22 heavy (non-hydrogen) atoms. The maximum absolute atomic E-state index is 12.4. The van der Waals surface area contributed by atoms with Gasteiger partial charge in [0, 0.05) is 18.7 Å². The van der Waals surface area contributed by atoms with Crippen molar-refractivity contribution in [1.82, 2.24) is 10.2 Å². The Morgan fingerprint density at radius 1 is 1.59 bits per heavy atom. The fourth-order valence-corrected chi connectivity index (χ4v) is 3.98. The van der Waals surface area contributed by atoms with Crippen LogP contribution >= 0.6 is 27.3 Å². The lowest BCUT2D eigenvalue weighted by molar-refractivity contribution is -0.148. The zero-order valence-corrected chi connectivity index (χ0v) is 14.3. The van der Waals surface area contributed by atoms with Crippen molar-refractivity contribution in [2.75, 3.05) is 26.7 Å². The van der Waals surface area contributed by atoms with Gasteiger partial charge >= 0.3 is 6.18 Å². The highest BCUT2D eigenvalue weighted by atomic mass is 79.9. The van der Waals surface area contributed by atoms with Gasteiger partial charge in [0.25, 0.3) is 5.91 Å². The van der Waals surface area contributed by atoms with Gasteiger partial charge in [0.15, 0.2) is 0 Å². The van der Waals surface area contributed by atoms with Gasteiger partial charge < -0.3 is 10.1 Å². The number of thiophene rings is 1. The highest BCUT2D eigenvalue weighted by molar-refractivity contribution is 9.11.